The number of carbonyl (C=O) groups excluding carboxylic acids is 1. The number of likely N-dealkylation sites (tertiary alicyclic amines) is 1. The molecular weight excluding hydrogens is 318 g/mol. The summed E-state index contributed by atoms with van der Waals surface area (Å²) < 4.78 is 7.69. The predicted octanol–water partition coefficient (Wildman–Crippen LogP) is 3.32. The Labute approximate surface area is 148 Å². The molecule has 1 atom stereocenters. The lowest BCUT2D eigenvalue weighted by Gasteiger charge is -2.31. The van der Waals surface area contributed by atoms with Crippen molar-refractivity contribution in [2.45, 2.75) is 45.3 Å². The highest BCUT2D eigenvalue weighted by molar-refractivity contribution is 5.89. The van der Waals surface area contributed by atoms with Gasteiger partial charge in [0.2, 0.25) is 0 Å². The molecule has 0 spiro atoms. The quantitative estimate of drug-likeness (QED) is 0.904. The third-order valence-electron chi connectivity index (χ3n) is 4.56. The molecule has 1 aromatic carbocycles. The normalized spacial score (nSPS) is 16.5. The Kier molecular flexibility index (Phi) is 5.53. The van der Waals surface area contributed by atoms with E-state index in [-0.39, 0.29) is 12.1 Å². The van der Waals surface area contributed by atoms with Crippen LogP contribution in [0.25, 0.3) is 0 Å². The lowest BCUT2D eigenvalue weighted by molar-refractivity contribution is 0.180. The molecule has 2 aromatic rings. The summed E-state index contributed by atoms with van der Waals surface area (Å²) >= 11 is 0. The molecule has 0 saturated carbocycles. The van der Waals surface area contributed by atoms with Crippen LogP contribution < -0.4 is 10.1 Å². The summed E-state index contributed by atoms with van der Waals surface area (Å²) in [5.41, 5.74) is 0.754. The van der Waals surface area contributed by atoms with Gasteiger partial charge >= 0.3 is 6.03 Å². The number of rotatable bonds is 5. The van der Waals surface area contributed by atoms with E-state index in [0.717, 1.165) is 30.7 Å². The maximum absolute atomic E-state index is 12.5. The number of amides is 2. The van der Waals surface area contributed by atoms with E-state index in [1.165, 1.54) is 0 Å². The molecule has 1 aliphatic rings. The molecule has 2 heterocycles. The fourth-order valence-corrected chi connectivity index (χ4v) is 2.90. The average molecular weight is 343 g/mol. The summed E-state index contributed by atoms with van der Waals surface area (Å²) in [7, 11) is 0. The minimum Gasteiger partial charge on any atom is -0.491 e. The zero-order valence-electron chi connectivity index (χ0n) is 14.8. The number of piperidine rings is 1. The van der Waals surface area contributed by atoms with Gasteiger partial charge in [-0.1, -0.05) is 13.0 Å². The van der Waals surface area contributed by atoms with Crippen LogP contribution in [-0.4, -0.2) is 44.9 Å². The Hall–Kier alpha value is -2.57. The Morgan fingerprint density at radius 1 is 1.40 bits per heavy atom. The van der Waals surface area contributed by atoms with Crippen LogP contribution >= 0.6 is 0 Å². The Bertz CT molecular complexity index is 681. The van der Waals surface area contributed by atoms with Crippen LogP contribution in [0, 0.1) is 0 Å². The third-order valence-corrected chi connectivity index (χ3v) is 4.56. The second-order valence-electron chi connectivity index (χ2n) is 6.39. The average Bonchev–Trinajstić information content (AvgIpc) is 3.16. The zero-order chi connectivity index (χ0) is 17.6. The number of urea groups is 1. The standard InChI is InChI=1S/C18H25N5O2/c1-3-14(2)25-17-6-4-5-15(11-17)21-18(24)22-9-7-16(8-10-22)23-13-19-12-20-23/h4-6,11-14,16H,3,7-10H2,1-2H3,(H,21,24)/t14-/m0/s1. The number of benzene rings is 1. The van der Waals surface area contributed by atoms with E-state index >= 15 is 0 Å². The molecule has 1 N–H and O–H groups in total. The van der Waals surface area contributed by atoms with E-state index in [2.05, 4.69) is 22.3 Å². The monoisotopic (exact) mass is 343 g/mol. The van der Waals surface area contributed by atoms with Crippen molar-refractivity contribution in [3.63, 3.8) is 0 Å². The molecule has 2 amide bonds. The molecule has 0 bridgehead atoms. The van der Waals surface area contributed by atoms with Gasteiger partial charge in [0.05, 0.1) is 12.1 Å². The van der Waals surface area contributed by atoms with Crippen molar-refractivity contribution in [3.05, 3.63) is 36.9 Å². The van der Waals surface area contributed by atoms with Crippen LogP contribution in [0.4, 0.5) is 10.5 Å². The number of aromatic nitrogens is 3. The van der Waals surface area contributed by atoms with Crippen molar-refractivity contribution in [2.75, 3.05) is 18.4 Å². The van der Waals surface area contributed by atoms with Gasteiger partial charge in [0, 0.05) is 24.8 Å². The second-order valence-corrected chi connectivity index (χ2v) is 6.39. The fraction of sp³-hybridized carbons (Fsp3) is 0.500. The van der Waals surface area contributed by atoms with Gasteiger partial charge < -0.3 is 15.0 Å². The molecule has 1 fully saturated rings. The molecule has 1 saturated heterocycles. The van der Waals surface area contributed by atoms with E-state index in [4.69, 9.17) is 4.74 Å². The SMILES string of the molecule is CC[C@H](C)Oc1cccc(NC(=O)N2CCC(n3cncn3)CC2)c1. The number of hydrogen-bond acceptors (Lipinski definition) is 4. The van der Waals surface area contributed by atoms with E-state index in [0.29, 0.717) is 19.1 Å². The van der Waals surface area contributed by atoms with Gasteiger partial charge in [-0.2, -0.15) is 5.10 Å². The van der Waals surface area contributed by atoms with Gasteiger partial charge in [-0.05, 0) is 38.3 Å². The Balaban J connectivity index is 1.53. The highest BCUT2D eigenvalue weighted by Crippen LogP contribution is 2.23. The molecule has 25 heavy (non-hydrogen) atoms. The summed E-state index contributed by atoms with van der Waals surface area (Å²) in [6.07, 6.45) is 6.15. The maximum Gasteiger partial charge on any atom is 0.321 e. The smallest absolute Gasteiger partial charge is 0.321 e. The number of nitrogens with zero attached hydrogens (tertiary/aromatic N) is 4. The van der Waals surface area contributed by atoms with Crippen LogP contribution in [0.2, 0.25) is 0 Å². The van der Waals surface area contributed by atoms with Crippen molar-refractivity contribution in [1.82, 2.24) is 19.7 Å². The lowest BCUT2D eigenvalue weighted by Crippen LogP contribution is -2.41. The van der Waals surface area contributed by atoms with Gasteiger partial charge in [-0.25, -0.2) is 14.5 Å². The summed E-state index contributed by atoms with van der Waals surface area (Å²) in [6.45, 7) is 5.53. The Morgan fingerprint density at radius 3 is 2.88 bits per heavy atom. The number of carbonyl (C=O) groups is 1. The predicted molar refractivity (Wildman–Crippen MR) is 95.7 cm³/mol. The van der Waals surface area contributed by atoms with Crippen LogP contribution in [0.15, 0.2) is 36.9 Å². The summed E-state index contributed by atoms with van der Waals surface area (Å²) in [6, 6.07) is 7.79. The van der Waals surface area contributed by atoms with Crippen LogP contribution in [0.3, 0.4) is 0 Å². The highest BCUT2D eigenvalue weighted by Gasteiger charge is 2.24. The molecule has 134 valence electrons. The fourth-order valence-electron chi connectivity index (χ4n) is 2.90. The Morgan fingerprint density at radius 2 is 2.20 bits per heavy atom. The molecule has 0 unspecified atom stereocenters. The number of anilines is 1. The van der Waals surface area contributed by atoms with Crippen molar-refractivity contribution in [3.8, 4) is 5.75 Å². The van der Waals surface area contributed by atoms with E-state index in [1.54, 1.807) is 12.7 Å². The largest absolute Gasteiger partial charge is 0.491 e. The first kappa shape index (κ1) is 17.3. The molecule has 7 heteroatoms. The first-order valence-corrected chi connectivity index (χ1v) is 8.82. The summed E-state index contributed by atoms with van der Waals surface area (Å²) in [5.74, 6) is 0.775. The molecule has 7 nitrogen and oxygen atoms in total. The molecule has 0 radical (unpaired) electrons. The molecule has 3 rings (SSSR count). The van der Waals surface area contributed by atoms with Crippen molar-refractivity contribution >= 4 is 11.7 Å². The first-order chi connectivity index (χ1) is 12.2. The maximum atomic E-state index is 12.5. The number of ether oxygens (including phenoxy) is 1. The summed E-state index contributed by atoms with van der Waals surface area (Å²) in [5, 5.41) is 7.16. The molecule has 1 aliphatic heterocycles. The third kappa shape index (κ3) is 4.49. The number of nitrogens with one attached hydrogen (secondary N) is 1. The number of hydrogen-bond donors (Lipinski definition) is 1. The van der Waals surface area contributed by atoms with Gasteiger partial charge in [0.25, 0.3) is 0 Å². The van der Waals surface area contributed by atoms with Gasteiger partial charge in [0.15, 0.2) is 0 Å². The highest BCUT2D eigenvalue weighted by atomic mass is 16.5. The van der Waals surface area contributed by atoms with E-state index in [1.807, 2.05) is 40.8 Å². The minimum absolute atomic E-state index is 0.0715. The van der Waals surface area contributed by atoms with Crippen molar-refractivity contribution in [2.24, 2.45) is 0 Å². The first-order valence-electron chi connectivity index (χ1n) is 8.82. The van der Waals surface area contributed by atoms with Gasteiger partial charge in [-0.15, -0.1) is 0 Å². The van der Waals surface area contributed by atoms with Gasteiger partial charge in [-0.3, -0.25) is 0 Å². The van der Waals surface area contributed by atoms with E-state index < -0.39 is 0 Å². The van der Waals surface area contributed by atoms with Crippen LogP contribution in [0.5, 0.6) is 5.75 Å². The van der Waals surface area contributed by atoms with Gasteiger partial charge in [0.1, 0.15) is 18.4 Å². The summed E-state index contributed by atoms with van der Waals surface area (Å²) in [4.78, 5) is 18.3. The molecule has 0 aliphatic carbocycles. The minimum atomic E-state index is -0.0715. The zero-order valence-corrected chi connectivity index (χ0v) is 14.8. The van der Waals surface area contributed by atoms with Crippen molar-refractivity contribution < 1.29 is 9.53 Å². The molecular formula is C18H25N5O2. The van der Waals surface area contributed by atoms with E-state index in [9.17, 15) is 4.79 Å². The van der Waals surface area contributed by atoms with Crippen LogP contribution in [0.1, 0.15) is 39.2 Å². The lowest BCUT2D eigenvalue weighted by atomic mass is 10.1. The molecule has 1 aromatic heterocycles. The van der Waals surface area contributed by atoms with Crippen molar-refractivity contribution in [1.29, 1.82) is 0 Å². The topological polar surface area (TPSA) is 72.3 Å². The van der Waals surface area contributed by atoms with Crippen LogP contribution in [-0.2, 0) is 0 Å². The second kappa shape index (κ2) is 8.00.